The molecule has 1 aliphatic rings. The van der Waals surface area contributed by atoms with E-state index >= 15 is 0 Å². The number of nitrogens with one attached hydrogen (secondary N) is 1. The van der Waals surface area contributed by atoms with Crippen LogP contribution in [0.25, 0.3) is 0 Å². The third-order valence-corrected chi connectivity index (χ3v) is 6.97. The summed E-state index contributed by atoms with van der Waals surface area (Å²) in [6, 6.07) is 10.2. The van der Waals surface area contributed by atoms with Gasteiger partial charge < -0.3 is 20.9 Å². The van der Waals surface area contributed by atoms with Gasteiger partial charge >= 0.3 is 6.18 Å². The Bertz CT molecular complexity index is 1460. The number of nitrogens with two attached hydrogens (primary N) is 1. The number of nitrogen functional groups attached to an aromatic ring is 1. The first-order valence-electron chi connectivity index (χ1n) is 12.6. The van der Waals surface area contributed by atoms with Crippen molar-refractivity contribution in [2.75, 3.05) is 63.3 Å². The van der Waals surface area contributed by atoms with E-state index in [1.165, 1.54) is 30.3 Å². The molecule has 1 saturated heterocycles. The average molecular weight is 571 g/mol. The van der Waals surface area contributed by atoms with E-state index < -0.39 is 17.6 Å². The Morgan fingerprint density at radius 1 is 1.07 bits per heavy atom. The lowest BCUT2D eigenvalue weighted by atomic mass is 10.0. The van der Waals surface area contributed by atoms with Crippen LogP contribution in [0.4, 0.5) is 30.4 Å². The van der Waals surface area contributed by atoms with Crippen LogP contribution in [0.3, 0.4) is 0 Å². The Balaban J connectivity index is 1.54. The minimum Gasteiger partial charge on any atom is -0.383 e. The van der Waals surface area contributed by atoms with Crippen molar-refractivity contribution < 1.29 is 18.0 Å². The number of alkyl halides is 3. The van der Waals surface area contributed by atoms with Crippen LogP contribution in [-0.4, -0.2) is 68.0 Å². The quantitative estimate of drug-likeness (QED) is 0.429. The first-order chi connectivity index (χ1) is 18.9. The van der Waals surface area contributed by atoms with E-state index in [9.17, 15) is 18.0 Å². The smallest absolute Gasteiger partial charge is 0.383 e. The normalized spacial score (nSPS) is 14.4. The van der Waals surface area contributed by atoms with Crippen LogP contribution in [0.1, 0.15) is 32.6 Å². The molecule has 0 unspecified atom stereocenters. The van der Waals surface area contributed by atoms with E-state index in [0.29, 0.717) is 29.2 Å². The van der Waals surface area contributed by atoms with Gasteiger partial charge in [-0.1, -0.05) is 29.5 Å². The molecule has 0 radical (unpaired) electrons. The number of hydrogen-bond acceptors (Lipinski definition) is 6. The number of nitrogens with zero attached hydrogens (tertiary/aromatic N) is 4. The standard InChI is InChI=1S/C29H30ClF3N6O/c1-37(2)24-15-20(27(34)35-17-24)5-4-19-14-21(7-9-26(19)30)28(40)36-23-8-6-22(25(16-23)29(31,32)33)18-39-12-10-38(3)11-13-39/h6-9,14-17H,10-13,18H2,1-3H3,(H2,34,35)(H,36,40). The van der Waals surface area contributed by atoms with Crippen molar-refractivity contribution in [3.05, 3.63) is 81.5 Å². The van der Waals surface area contributed by atoms with Crippen molar-refractivity contribution in [3.8, 4) is 11.8 Å². The van der Waals surface area contributed by atoms with Crippen molar-refractivity contribution in [3.63, 3.8) is 0 Å². The molecular weight excluding hydrogens is 541 g/mol. The van der Waals surface area contributed by atoms with Gasteiger partial charge in [0, 0.05) is 63.6 Å². The molecule has 40 heavy (non-hydrogen) atoms. The molecule has 0 bridgehead atoms. The minimum absolute atomic E-state index is 0.0429. The number of hydrogen-bond donors (Lipinski definition) is 2. The van der Waals surface area contributed by atoms with E-state index in [4.69, 9.17) is 17.3 Å². The highest BCUT2D eigenvalue weighted by Crippen LogP contribution is 2.35. The number of carbonyl (C=O) groups excluding carboxylic acids is 1. The number of piperazine rings is 1. The molecule has 11 heteroatoms. The van der Waals surface area contributed by atoms with Crippen LogP contribution in [0, 0.1) is 11.8 Å². The number of carbonyl (C=O) groups is 1. The minimum atomic E-state index is -4.56. The second kappa shape index (κ2) is 12.2. The molecule has 7 nitrogen and oxygen atoms in total. The van der Waals surface area contributed by atoms with Gasteiger partial charge in [0.15, 0.2) is 0 Å². The van der Waals surface area contributed by atoms with Crippen LogP contribution < -0.4 is 16.0 Å². The lowest BCUT2D eigenvalue weighted by Gasteiger charge is -2.33. The SMILES string of the molecule is CN1CCN(Cc2ccc(NC(=O)c3ccc(Cl)c(C#Cc4cc(N(C)C)cnc4N)c3)cc2C(F)(F)F)CC1. The van der Waals surface area contributed by atoms with E-state index in [0.717, 1.165) is 24.8 Å². The highest BCUT2D eigenvalue weighted by atomic mass is 35.5. The van der Waals surface area contributed by atoms with Crippen LogP contribution in [0.2, 0.25) is 5.02 Å². The molecule has 0 atom stereocenters. The molecule has 1 aliphatic heterocycles. The predicted molar refractivity (Wildman–Crippen MR) is 153 cm³/mol. The zero-order valence-electron chi connectivity index (χ0n) is 22.4. The molecule has 4 rings (SSSR count). The molecule has 3 N–H and O–H groups in total. The zero-order chi connectivity index (χ0) is 29.0. The maximum Gasteiger partial charge on any atom is 0.416 e. The summed E-state index contributed by atoms with van der Waals surface area (Å²) in [5.41, 5.74) is 7.26. The largest absolute Gasteiger partial charge is 0.416 e. The summed E-state index contributed by atoms with van der Waals surface area (Å²) >= 11 is 6.30. The topological polar surface area (TPSA) is 77.7 Å². The maximum atomic E-state index is 13.9. The van der Waals surface area contributed by atoms with Gasteiger partial charge in [-0.25, -0.2) is 4.98 Å². The Morgan fingerprint density at radius 2 is 1.77 bits per heavy atom. The van der Waals surface area contributed by atoms with E-state index in [1.54, 1.807) is 12.3 Å². The van der Waals surface area contributed by atoms with Crippen LogP contribution in [0.15, 0.2) is 48.7 Å². The molecule has 0 spiro atoms. The number of pyridine rings is 1. The predicted octanol–water partition coefficient (Wildman–Crippen LogP) is 4.80. The van der Waals surface area contributed by atoms with Gasteiger partial charge in [-0.05, 0) is 49.0 Å². The molecule has 2 heterocycles. The first-order valence-corrected chi connectivity index (χ1v) is 13.0. The fourth-order valence-electron chi connectivity index (χ4n) is 4.21. The van der Waals surface area contributed by atoms with E-state index in [2.05, 4.69) is 27.0 Å². The highest BCUT2D eigenvalue weighted by Gasteiger charge is 2.34. The Labute approximate surface area is 236 Å². The Kier molecular flexibility index (Phi) is 8.88. The first kappa shape index (κ1) is 29.2. The van der Waals surface area contributed by atoms with Crippen LogP contribution in [0.5, 0.6) is 0 Å². The number of benzene rings is 2. The van der Waals surface area contributed by atoms with E-state index in [1.807, 2.05) is 30.9 Å². The van der Waals surface area contributed by atoms with Crippen molar-refractivity contribution in [2.24, 2.45) is 0 Å². The number of rotatable bonds is 5. The van der Waals surface area contributed by atoms with Gasteiger partial charge in [0.1, 0.15) is 5.82 Å². The van der Waals surface area contributed by atoms with Gasteiger partial charge in [0.05, 0.1) is 28.0 Å². The second-order valence-electron chi connectivity index (χ2n) is 9.87. The molecule has 1 fully saturated rings. The Morgan fingerprint density at radius 3 is 2.45 bits per heavy atom. The van der Waals surface area contributed by atoms with Crippen LogP contribution in [-0.2, 0) is 12.7 Å². The van der Waals surface area contributed by atoms with Crippen molar-refractivity contribution in [2.45, 2.75) is 12.7 Å². The molecule has 0 aliphatic carbocycles. The van der Waals surface area contributed by atoms with Crippen molar-refractivity contribution in [1.82, 2.24) is 14.8 Å². The molecule has 1 aromatic heterocycles. The van der Waals surface area contributed by atoms with Crippen LogP contribution >= 0.6 is 11.6 Å². The van der Waals surface area contributed by atoms with Gasteiger partial charge in [0.25, 0.3) is 5.91 Å². The number of anilines is 3. The molecule has 0 saturated carbocycles. The molecule has 2 aromatic carbocycles. The van der Waals surface area contributed by atoms with Crippen molar-refractivity contribution in [1.29, 1.82) is 0 Å². The van der Waals surface area contributed by atoms with Gasteiger partial charge in [-0.15, -0.1) is 0 Å². The summed E-state index contributed by atoms with van der Waals surface area (Å²) in [6.45, 7) is 3.18. The lowest BCUT2D eigenvalue weighted by molar-refractivity contribution is -0.138. The van der Waals surface area contributed by atoms with Gasteiger partial charge in [-0.3, -0.25) is 9.69 Å². The average Bonchev–Trinajstić information content (AvgIpc) is 2.90. The summed E-state index contributed by atoms with van der Waals surface area (Å²) in [7, 11) is 5.72. The summed E-state index contributed by atoms with van der Waals surface area (Å²) in [4.78, 5) is 23.1. The fourth-order valence-corrected chi connectivity index (χ4v) is 4.38. The maximum absolute atomic E-state index is 13.9. The summed E-state index contributed by atoms with van der Waals surface area (Å²) in [5, 5.41) is 2.88. The fraction of sp³-hybridized carbons (Fsp3) is 0.310. The molecule has 3 aromatic rings. The monoisotopic (exact) mass is 570 g/mol. The molecular formula is C29H30ClF3N6O. The number of aromatic nitrogens is 1. The molecule has 210 valence electrons. The van der Waals surface area contributed by atoms with Gasteiger partial charge in [0.2, 0.25) is 0 Å². The highest BCUT2D eigenvalue weighted by molar-refractivity contribution is 6.32. The van der Waals surface area contributed by atoms with Crippen molar-refractivity contribution >= 4 is 34.7 Å². The number of halogens is 4. The third-order valence-electron chi connectivity index (χ3n) is 6.64. The number of likely N-dealkylation sites (N-methyl/N-ethyl adjacent to an activating group) is 1. The number of amides is 1. The van der Waals surface area contributed by atoms with Gasteiger partial charge in [-0.2, -0.15) is 13.2 Å². The Hall–Kier alpha value is -3.78. The lowest BCUT2D eigenvalue weighted by Crippen LogP contribution is -2.44. The van der Waals surface area contributed by atoms with E-state index in [-0.39, 0.29) is 29.2 Å². The second-order valence-corrected chi connectivity index (χ2v) is 10.3. The third kappa shape index (κ3) is 7.24. The zero-order valence-corrected chi connectivity index (χ0v) is 23.2. The summed E-state index contributed by atoms with van der Waals surface area (Å²) < 4.78 is 41.8. The summed E-state index contributed by atoms with van der Waals surface area (Å²) in [6.07, 6.45) is -2.94. The molecule has 1 amide bonds. The summed E-state index contributed by atoms with van der Waals surface area (Å²) in [5.74, 6) is 5.51.